The molecule has 0 aromatic heterocycles. The van der Waals surface area contributed by atoms with Crippen LogP contribution >= 0.6 is 0 Å². The molecule has 8 unspecified atom stereocenters. The van der Waals surface area contributed by atoms with Crippen LogP contribution in [0.15, 0.2) is 121 Å². The van der Waals surface area contributed by atoms with Crippen molar-refractivity contribution in [1.29, 1.82) is 0 Å². The van der Waals surface area contributed by atoms with Gasteiger partial charge in [0.2, 0.25) is 17.7 Å². The molecule has 5 aromatic rings. The Hall–Kier alpha value is -8.01. The second-order valence-corrected chi connectivity index (χ2v) is 39.7. The van der Waals surface area contributed by atoms with E-state index in [9.17, 15) is 60.7 Å². The quantitative estimate of drug-likeness (QED) is 0.0178. The Labute approximate surface area is 799 Å². The van der Waals surface area contributed by atoms with Crippen LogP contribution in [0.1, 0.15) is 241 Å². The molecule has 6 aliphatic rings. The van der Waals surface area contributed by atoms with Gasteiger partial charge in [0.1, 0.15) is 28.9 Å². The molecule has 6 fully saturated rings. The summed E-state index contributed by atoms with van der Waals surface area (Å²) in [5.74, 6) is 1.16. The number of Topliss-reactive ketones (excluding diaryl/α,β-unsaturated/α-hetero) is 6. The van der Waals surface area contributed by atoms with Gasteiger partial charge in [-0.25, -0.2) is 0 Å². The number of piperazine rings is 3. The van der Waals surface area contributed by atoms with Gasteiger partial charge in [0.25, 0.3) is 0 Å². The second kappa shape index (κ2) is 61.2. The van der Waals surface area contributed by atoms with Gasteiger partial charge in [-0.15, -0.1) is 0 Å². The summed E-state index contributed by atoms with van der Waals surface area (Å²) in [6.07, 6.45) is 14.6. The minimum atomic E-state index is -2.33. The lowest BCUT2D eigenvalue weighted by Crippen LogP contribution is -2.48. The van der Waals surface area contributed by atoms with Crippen molar-refractivity contribution in [2.45, 2.75) is 275 Å². The average Bonchev–Trinajstić information content (AvgIpc) is 1.74. The van der Waals surface area contributed by atoms with Gasteiger partial charge in [0, 0.05) is 264 Å². The highest BCUT2D eigenvalue weighted by atomic mass is 32.2. The van der Waals surface area contributed by atoms with E-state index in [-0.39, 0.29) is 119 Å². The molecule has 11 rings (SSSR count). The number of nitrogens with zero attached hydrogens (tertiary/aromatic N) is 6. The molecule has 5 N–H and O–H groups in total. The van der Waals surface area contributed by atoms with Gasteiger partial charge in [-0.3, -0.25) is 81.0 Å². The van der Waals surface area contributed by atoms with Crippen LogP contribution in [-0.2, 0) is 101 Å². The third kappa shape index (κ3) is 46.6. The minimum absolute atomic E-state index is 0.0108. The molecule has 0 radical (unpaired) electrons. The predicted octanol–water partition coefficient (Wildman–Crippen LogP) is 14.0. The molecule has 5 aromatic carbocycles. The van der Waals surface area contributed by atoms with Crippen molar-refractivity contribution in [3.8, 4) is 0 Å². The van der Waals surface area contributed by atoms with Crippen molar-refractivity contribution in [2.75, 3.05) is 127 Å². The summed E-state index contributed by atoms with van der Waals surface area (Å²) in [7, 11) is 0. The van der Waals surface area contributed by atoms with Gasteiger partial charge >= 0.3 is 0 Å². The van der Waals surface area contributed by atoms with Crippen molar-refractivity contribution < 1.29 is 74.9 Å². The van der Waals surface area contributed by atoms with Crippen LogP contribution in [0.5, 0.6) is 0 Å². The Bertz CT molecular complexity index is 4050. The van der Waals surface area contributed by atoms with E-state index >= 15 is 0 Å². The normalized spacial score (nSPS) is 19.6. The maximum absolute atomic E-state index is 12.0. The zero-order valence-electron chi connectivity index (χ0n) is 81.9. The van der Waals surface area contributed by atoms with Crippen LogP contribution in [0, 0.1) is 50.4 Å². The van der Waals surface area contributed by atoms with Gasteiger partial charge in [-0.2, -0.15) is 0 Å². The zero-order chi connectivity index (χ0) is 96.7. The number of hydrogen-bond donors (Lipinski definition) is 5. The van der Waals surface area contributed by atoms with Crippen molar-refractivity contribution in [2.24, 2.45) is 29.6 Å². The Kier molecular flexibility index (Phi) is 51.6. The van der Waals surface area contributed by atoms with E-state index < -0.39 is 22.5 Å². The van der Waals surface area contributed by atoms with E-state index in [0.29, 0.717) is 114 Å². The first-order valence-corrected chi connectivity index (χ1v) is 51.0. The summed E-state index contributed by atoms with van der Waals surface area (Å²) in [5, 5.41) is 8.97. The van der Waals surface area contributed by atoms with Crippen LogP contribution in [0.4, 0.5) is 11.4 Å². The number of ketones is 6. The lowest BCUT2D eigenvalue weighted by atomic mass is 10.00. The molecule has 6 saturated heterocycles. The molecule has 0 bridgehead atoms. The molecular weight excluding hydrogens is 1720 g/mol. The molecule has 0 saturated carbocycles. The summed E-state index contributed by atoms with van der Waals surface area (Å²) in [6, 6.07) is 39.9. The monoisotopic (exact) mass is 1880 g/mol. The van der Waals surface area contributed by atoms with Crippen LogP contribution in [0.3, 0.4) is 0 Å². The van der Waals surface area contributed by atoms with Crippen LogP contribution in [0.2, 0.25) is 0 Å². The van der Waals surface area contributed by atoms with E-state index in [1.165, 1.54) is 33.4 Å². The first kappa shape index (κ1) is 112. The van der Waals surface area contributed by atoms with E-state index in [1.807, 2.05) is 81.4 Å². The third-order valence-corrected chi connectivity index (χ3v) is 26.0. The first-order valence-electron chi connectivity index (χ1n) is 48.9. The topological polar surface area (TPSA) is 341 Å². The van der Waals surface area contributed by atoms with Crippen molar-refractivity contribution in [3.05, 3.63) is 166 Å². The Morgan fingerprint density at radius 1 is 0.323 bits per heavy atom. The molecule has 133 heavy (non-hydrogen) atoms. The van der Waals surface area contributed by atoms with Crippen molar-refractivity contribution in [3.63, 3.8) is 0 Å². The second-order valence-electron chi connectivity index (χ2n) is 38.4. The van der Waals surface area contributed by atoms with Crippen molar-refractivity contribution in [1.82, 2.24) is 45.3 Å². The third-order valence-electron chi connectivity index (χ3n) is 25.2. The van der Waals surface area contributed by atoms with E-state index in [2.05, 4.69) is 148 Å². The lowest BCUT2D eigenvalue weighted by Gasteiger charge is -2.35. The molecule has 6 aliphatic heterocycles. The molecular formula is C104H157N11O16S2-2. The van der Waals surface area contributed by atoms with Crippen LogP contribution in [0.25, 0.3) is 0 Å². The molecule has 29 heteroatoms. The van der Waals surface area contributed by atoms with Crippen LogP contribution < -0.4 is 25.4 Å². The van der Waals surface area contributed by atoms with Gasteiger partial charge in [0.15, 0.2) is 5.78 Å². The molecule has 27 nitrogen and oxygen atoms in total. The lowest BCUT2D eigenvalue weighted by molar-refractivity contribution is -0.125. The summed E-state index contributed by atoms with van der Waals surface area (Å²) in [6.45, 7) is 46.0. The fourth-order valence-corrected chi connectivity index (χ4v) is 17.2. The smallest absolute Gasteiger partial charge is 0.220 e. The van der Waals surface area contributed by atoms with Gasteiger partial charge in [0.05, 0.1) is 36.6 Å². The number of carbonyl (C=O) groups excluding carboxylic acids is 9. The van der Waals surface area contributed by atoms with Gasteiger partial charge < -0.3 is 48.7 Å². The molecule has 6 heterocycles. The van der Waals surface area contributed by atoms with Gasteiger partial charge in [-0.1, -0.05) is 171 Å². The number of amides is 3. The number of ether oxygens (including phenoxy) is 3. The fourth-order valence-electron chi connectivity index (χ4n) is 16.5. The van der Waals surface area contributed by atoms with Crippen molar-refractivity contribution >= 4 is 86.3 Å². The summed E-state index contributed by atoms with van der Waals surface area (Å²) in [4.78, 5) is 121. The molecule has 3 amide bonds. The summed E-state index contributed by atoms with van der Waals surface area (Å²) in [5.41, 5.74) is 10.7. The first-order chi connectivity index (χ1) is 63.5. The van der Waals surface area contributed by atoms with E-state index in [0.717, 1.165) is 175 Å². The number of aryl methyl sites for hydroxylation is 4. The minimum Gasteiger partial charge on any atom is -0.755 e. The highest BCUT2D eigenvalue weighted by Gasteiger charge is 2.33. The fraction of sp³-hybridized carbons (Fsp3) is 0.625. The Morgan fingerprint density at radius 3 is 0.880 bits per heavy atom. The molecule has 738 valence electrons. The van der Waals surface area contributed by atoms with E-state index in [4.69, 9.17) is 14.2 Å². The number of rotatable bonds is 47. The highest BCUT2D eigenvalue weighted by Crippen LogP contribution is 2.26. The highest BCUT2D eigenvalue weighted by molar-refractivity contribution is 7.80. The molecule has 8 atom stereocenters. The number of anilines is 2. The van der Waals surface area contributed by atoms with Crippen LogP contribution in [-0.4, -0.2) is 254 Å². The summed E-state index contributed by atoms with van der Waals surface area (Å²) >= 11 is -4.64. The summed E-state index contributed by atoms with van der Waals surface area (Å²) < 4.78 is 64.7. The molecule has 0 aliphatic carbocycles. The predicted molar refractivity (Wildman–Crippen MR) is 527 cm³/mol. The number of hydrogen-bond acceptors (Lipinski definition) is 22. The largest absolute Gasteiger partial charge is 0.755 e. The van der Waals surface area contributed by atoms with Gasteiger partial charge in [-0.05, 0) is 150 Å². The molecule has 0 spiro atoms. The maximum Gasteiger partial charge on any atom is 0.220 e. The Morgan fingerprint density at radius 2 is 0.594 bits per heavy atom. The maximum atomic E-state index is 12.0. The average molecular weight is 1880 g/mol. The SMILES string of the molecule is CC(C)C(=O)CCC(=O)CCCc1ccc(NS(=O)[O-])cc1.CC(C)C(=O)c1ccc(NS(=O)[O-])cc1.Cc1ccc(CN2CCN(CC3CCC(CNC(=O)CCCC(=O)C(C)C)O3)CC2)cc1.Cc1ccc(CN2CCN(CC3CCC(CNC(=O)CCCC(=O)C(C)C)O3)CC2)cc1.Cc1ccc(CN2CCN(CC3CCC(CNC(=O)CCCC(=O)C(C)C)O3)CC2)cc1. The Balaban J connectivity index is 0.000000232. The number of benzene rings is 5. The number of carbonyl (C=O) groups is 9. The standard InChI is InChI=1S/3C26H41N3O3.C16H23NO4S.C10H13NO3S/c3*1-20(2)25(30)5-4-6-26(31)27-17-23-11-12-24(32-23)19-29-15-13-28(14-16-29)18-22-9-7-21(3)8-10-22;1-12(2)16(19)11-10-15(18)5-3-4-13-6-8-14(9-7-13)17-22(20)21;1-7(2)10(12)8-3-5-9(6-4-8)11-15(13)14/h3*7-10,20,23-24H,4-6,11-19H2,1-3H3,(H,27,31);6-9,12,17H,3-5,10-11H2,1-2H3,(H,20,21);3-7,11H,1-2H3,(H,13,14)/p-2. The zero-order valence-corrected chi connectivity index (χ0v) is 83.6. The number of nitrogens with one attached hydrogen (secondary N) is 5. The van der Waals surface area contributed by atoms with E-state index in [1.54, 1.807) is 36.4 Å².